The van der Waals surface area contributed by atoms with Crippen molar-refractivity contribution in [2.75, 3.05) is 0 Å². The van der Waals surface area contributed by atoms with Gasteiger partial charge in [0.2, 0.25) is 0 Å². The molecule has 0 radical (unpaired) electrons. The fraction of sp³-hybridized carbons (Fsp3) is 0. The van der Waals surface area contributed by atoms with E-state index in [1.54, 1.807) is 0 Å². The third-order valence-corrected chi connectivity index (χ3v) is 8.79. The Morgan fingerprint density at radius 3 is 1.54 bits per heavy atom. The average Bonchev–Trinajstić information content (AvgIpc) is 3.18. The minimum absolute atomic E-state index is 0.644. The SMILES string of the molecule is c1ccc(-c2nc(-c3ccccc3)nc(-c3ccc(-c4ccc(-c5ccc6ccc7cccnc7c6n5)cc4)c4ccccc34)n2)cc1. The number of hydrogen-bond donors (Lipinski definition) is 0. The van der Waals surface area contributed by atoms with Crippen LogP contribution in [-0.4, -0.2) is 24.9 Å². The van der Waals surface area contributed by atoms with Crippen molar-refractivity contribution < 1.29 is 0 Å². The number of fused-ring (bicyclic) bond motifs is 4. The Morgan fingerprint density at radius 2 is 0.854 bits per heavy atom. The summed E-state index contributed by atoms with van der Waals surface area (Å²) in [6, 6.07) is 54.0. The van der Waals surface area contributed by atoms with Crippen molar-refractivity contribution >= 4 is 32.6 Å². The molecule has 0 amide bonds. The highest BCUT2D eigenvalue weighted by Crippen LogP contribution is 2.36. The Morgan fingerprint density at radius 1 is 0.312 bits per heavy atom. The van der Waals surface area contributed by atoms with E-state index in [0.29, 0.717) is 17.5 Å². The molecule has 5 heteroatoms. The summed E-state index contributed by atoms with van der Waals surface area (Å²) in [7, 11) is 0. The molecule has 6 aromatic carbocycles. The summed E-state index contributed by atoms with van der Waals surface area (Å²) >= 11 is 0. The van der Waals surface area contributed by atoms with E-state index in [1.165, 1.54) is 0 Å². The molecule has 0 aliphatic heterocycles. The Kier molecular flexibility index (Phi) is 6.72. The predicted molar refractivity (Wildman–Crippen MR) is 195 cm³/mol. The van der Waals surface area contributed by atoms with E-state index in [4.69, 9.17) is 19.9 Å². The van der Waals surface area contributed by atoms with Crippen LogP contribution in [0.15, 0.2) is 164 Å². The van der Waals surface area contributed by atoms with Gasteiger partial charge in [0.15, 0.2) is 17.5 Å². The summed E-state index contributed by atoms with van der Waals surface area (Å²) in [4.78, 5) is 24.6. The number of nitrogens with zero attached hydrogens (tertiary/aromatic N) is 5. The lowest BCUT2D eigenvalue weighted by molar-refractivity contribution is 1.08. The van der Waals surface area contributed by atoms with Gasteiger partial charge in [-0.15, -0.1) is 0 Å². The Labute approximate surface area is 277 Å². The third-order valence-electron chi connectivity index (χ3n) is 8.79. The summed E-state index contributed by atoms with van der Waals surface area (Å²) in [5.41, 5.74) is 8.94. The van der Waals surface area contributed by atoms with Gasteiger partial charge in [0, 0.05) is 39.2 Å². The summed E-state index contributed by atoms with van der Waals surface area (Å²) in [5.74, 6) is 1.94. The highest BCUT2D eigenvalue weighted by atomic mass is 15.0. The fourth-order valence-corrected chi connectivity index (χ4v) is 6.38. The molecule has 0 aliphatic carbocycles. The van der Waals surface area contributed by atoms with Gasteiger partial charge in [0.25, 0.3) is 0 Å². The van der Waals surface area contributed by atoms with E-state index in [9.17, 15) is 0 Å². The predicted octanol–water partition coefficient (Wildman–Crippen LogP) is 10.5. The van der Waals surface area contributed by atoms with Crippen molar-refractivity contribution in [3.63, 3.8) is 0 Å². The minimum Gasteiger partial charge on any atom is -0.254 e. The molecule has 0 saturated heterocycles. The van der Waals surface area contributed by atoms with Gasteiger partial charge in [0.1, 0.15) is 0 Å². The lowest BCUT2D eigenvalue weighted by atomic mass is 9.94. The highest BCUT2D eigenvalue weighted by Gasteiger charge is 2.16. The summed E-state index contributed by atoms with van der Waals surface area (Å²) in [5, 5.41) is 4.38. The summed E-state index contributed by atoms with van der Waals surface area (Å²) in [6.07, 6.45) is 1.83. The van der Waals surface area contributed by atoms with Gasteiger partial charge in [-0.3, -0.25) is 4.98 Å². The second-order valence-electron chi connectivity index (χ2n) is 11.7. The molecule has 48 heavy (non-hydrogen) atoms. The lowest BCUT2D eigenvalue weighted by Gasteiger charge is -2.13. The van der Waals surface area contributed by atoms with E-state index in [-0.39, 0.29) is 0 Å². The molecule has 9 rings (SSSR count). The van der Waals surface area contributed by atoms with Crippen LogP contribution in [0.1, 0.15) is 0 Å². The van der Waals surface area contributed by atoms with E-state index >= 15 is 0 Å². The molecule has 3 aromatic heterocycles. The summed E-state index contributed by atoms with van der Waals surface area (Å²) < 4.78 is 0. The first-order chi connectivity index (χ1) is 23.8. The van der Waals surface area contributed by atoms with Crippen LogP contribution in [0, 0.1) is 0 Å². The Hall–Kier alpha value is -6.59. The standard InChI is InChI=1S/C43H27N5/c1-3-10-32(11-4-1)41-46-42(33-12-5-2-6-13-33)48-43(47-41)37-25-24-34(35-15-7-8-16-36(35)37)28-17-19-29(20-18-28)38-26-23-31-22-21-30-14-9-27-44-39(30)40(31)45-38/h1-27H. The van der Waals surface area contributed by atoms with Crippen molar-refractivity contribution in [1.82, 2.24) is 24.9 Å². The fourth-order valence-electron chi connectivity index (χ4n) is 6.38. The van der Waals surface area contributed by atoms with Crippen LogP contribution < -0.4 is 0 Å². The largest absolute Gasteiger partial charge is 0.254 e. The highest BCUT2D eigenvalue weighted by molar-refractivity contribution is 6.05. The molecule has 0 unspecified atom stereocenters. The normalized spacial score (nSPS) is 11.3. The number of aromatic nitrogens is 5. The average molecular weight is 614 g/mol. The molecule has 3 heterocycles. The maximum absolute atomic E-state index is 5.05. The zero-order valence-electron chi connectivity index (χ0n) is 25.8. The third kappa shape index (κ3) is 4.95. The van der Waals surface area contributed by atoms with Gasteiger partial charge < -0.3 is 0 Å². The van der Waals surface area contributed by atoms with Crippen LogP contribution in [0.4, 0.5) is 0 Å². The molecule has 0 saturated carbocycles. The molecule has 9 aromatic rings. The van der Waals surface area contributed by atoms with Crippen LogP contribution in [0.25, 0.3) is 89.1 Å². The quantitative estimate of drug-likeness (QED) is 0.181. The molecular formula is C43H27N5. The molecule has 0 bridgehead atoms. The van der Waals surface area contributed by atoms with Gasteiger partial charge in [0.05, 0.1) is 16.7 Å². The molecule has 0 spiro atoms. The van der Waals surface area contributed by atoms with E-state index in [1.807, 2.05) is 72.9 Å². The van der Waals surface area contributed by atoms with Gasteiger partial charge in [-0.2, -0.15) is 0 Å². The first-order valence-electron chi connectivity index (χ1n) is 15.9. The van der Waals surface area contributed by atoms with Crippen molar-refractivity contribution in [2.24, 2.45) is 0 Å². The van der Waals surface area contributed by atoms with Gasteiger partial charge >= 0.3 is 0 Å². The molecular weight excluding hydrogens is 587 g/mol. The molecule has 0 atom stereocenters. The molecule has 0 N–H and O–H groups in total. The molecule has 5 nitrogen and oxygen atoms in total. The van der Waals surface area contributed by atoms with Gasteiger partial charge in [-0.05, 0) is 40.1 Å². The van der Waals surface area contributed by atoms with Crippen LogP contribution in [0.3, 0.4) is 0 Å². The second-order valence-corrected chi connectivity index (χ2v) is 11.7. The molecule has 0 aliphatic rings. The van der Waals surface area contributed by atoms with Crippen molar-refractivity contribution in [3.8, 4) is 56.5 Å². The summed E-state index contributed by atoms with van der Waals surface area (Å²) in [6.45, 7) is 0. The molecule has 224 valence electrons. The van der Waals surface area contributed by atoms with E-state index in [2.05, 4.69) is 96.0 Å². The van der Waals surface area contributed by atoms with Gasteiger partial charge in [-0.1, -0.05) is 140 Å². The first-order valence-corrected chi connectivity index (χ1v) is 15.9. The Bertz CT molecular complexity index is 2540. The minimum atomic E-state index is 0.644. The number of hydrogen-bond acceptors (Lipinski definition) is 5. The number of pyridine rings is 2. The van der Waals surface area contributed by atoms with Crippen LogP contribution in [0.2, 0.25) is 0 Å². The van der Waals surface area contributed by atoms with E-state index in [0.717, 1.165) is 71.7 Å². The number of benzene rings is 6. The van der Waals surface area contributed by atoms with E-state index < -0.39 is 0 Å². The second kappa shape index (κ2) is 11.6. The molecule has 0 fully saturated rings. The maximum atomic E-state index is 5.05. The number of rotatable bonds is 5. The zero-order valence-corrected chi connectivity index (χ0v) is 25.8. The first kappa shape index (κ1) is 27.7. The Balaban J connectivity index is 1.13. The van der Waals surface area contributed by atoms with Crippen molar-refractivity contribution in [1.29, 1.82) is 0 Å². The van der Waals surface area contributed by atoms with Gasteiger partial charge in [-0.25, -0.2) is 19.9 Å². The monoisotopic (exact) mass is 613 g/mol. The van der Waals surface area contributed by atoms with Crippen molar-refractivity contribution in [3.05, 3.63) is 164 Å². The lowest BCUT2D eigenvalue weighted by Crippen LogP contribution is -2.00. The van der Waals surface area contributed by atoms with Crippen LogP contribution in [-0.2, 0) is 0 Å². The topological polar surface area (TPSA) is 64.5 Å². The van der Waals surface area contributed by atoms with Crippen molar-refractivity contribution in [2.45, 2.75) is 0 Å². The van der Waals surface area contributed by atoms with Crippen LogP contribution >= 0.6 is 0 Å². The zero-order chi connectivity index (χ0) is 31.9. The maximum Gasteiger partial charge on any atom is 0.164 e. The smallest absolute Gasteiger partial charge is 0.164 e. The van der Waals surface area contributed by atoms with Crippen LogP contribution in [0.5, 0.6) is 0 Å².